The van der Waals surface area contributed by atoms with Gasteiger partial charge in [-0.3, -0.25) is 9.59 Å². The molecule has 0 saturated heterocycles. The monoisotopic (exact) mass is 434 g/mol. The molecule has 2 bridgehead atoms. The predicted octanol–water partition coefficient (Wildman–Crippen LogP) is 2.72. The molecule has 3 aliphatic rings. The molecule has 0 atom stereocenters. The second-order valence-electron chi connectivity index (χ2n) is 7.63. The summed E-state index contributed by atoms with van der Waals surface area (Å²) < 4.78 is 23.9. The summed E-state index contributed by atoms with van der Waals surface area (Å²) in [6, 6.07) is 3.98. The molecule has 8 nitrogen and oxygen atoms in total. The highest BCUT2D eigenvalue weighted by molar-refractivity contribution is 6.30. The number of halogens is 2. The molecule has 30 heavy (non-hydrogen) atoms. The smallest absolute Gasteiger partial charge is 0.258 e. The van der Waals surface area contributed by atoms with E-state index in [1.807, 2.05) is 6.92 Å². The van der Waals surface area contributed by atoms with Crippen molar-refractivity contribution in [1.29, 1.82) is 0 Å². The zero-order valence-corrected chi connectivity index (χ0v) is 17.0. The van der Waals surface area contributed by atoms with E-state index in [2.05, 4.69) is 20.6 Å². The highest BCUT2D eigenvalue weighted by Crippen LogP contribution is 2.67. The maximum atomic E-state index is 13.4. The lowest BCUT2D eigenvalue weighted by molar-refractivity contribution is -0.179. The van der Waals surface area contributed by atoms with E-state index in [0.717, 1.165) is 6.07 Å². The number of aromatic nitrogens is 2. The van der Waals surface area contributed by atoms with E-state index in [4.69, 9.17) is 21.1 Å². The van der Waals surface area contributed by atoms with E-state index in [-0.39, 0.29) is 34.7 Å². The molecule has 1 heterocycles. The van der Waals surface area contributed by atoms with Crippen LogP contribution in [0.1, 0.15) is 26.2 Å². The molecule has 1 aromatic carbocycles. The van der Waals surface area contributed by atoms with Crippen molar-refractivity contribution in [3.63, 3.8) is 0 Å². The fourth-order valence-electron chi connectivity index (χ4n) is 4.06. The van der Waals surface area contributed by atoms with Gasteiger partial charge in [-0.15, -0.1) is 0 Å². The summed E-state index contributed by atoms with van der Waals surface area (Å²) in [6.07, 6.45) is 4.56. The molecule has 0 radical (unpaired) electrons. The summed E-state index contributed by atoms with van der Waals surface area (Å²) in [6.45, 7) is 2.08. The van der Waals surface area contributed by atoms with Crippen molar-refractivity contribution in [1.82, 2.24) is 15.3 Å². The molecule has 1 aromatic heterocycles. The van der Waals surface area contributed by atoms with Gasteiger partial charge in [0, 0.05) is 11.6 Å². The normalized spacial score (nSPS) is 23.6. The van der Waals surface area contributed by atoms with E-state index in [9.17, 15) is 14.0 Å². The van der Waals surface area contributed by atoms with Gasteiger partial charge in [0.05, 0.1) is 29.4 Å². The molecule has 2 N–H and O–H groups in total. The maximum Gasteiger partial charge on any atom is 0.258 e. The summed E-state index contributed by atoms with van der Waals surface area (Å²) >= 11 is 5.62. The summed E-state index contributed by atoms with van der Waals surface area (Å²) in [7, 11) is 0. The number of nitrogens with zero attached hydrogens (tertiary/aromatic N) is 2. The van der Waals surface area contributed by atoms with Crippen molar-refractivity contribution in [2.45, 2.75) is 31.7 Å². The molecule has 0 spiro atoms. The molecule has 3 aliphatic carbocycles. The SMILES string of the molecule is CCOc1cnc(NC(=O)C23CC(NC(=O)COc4ccc(Cl)c(F)c4)(C2)C3)cn1. The van der Waals surface area contributed by atoms with Crippen LogP contribution < -0.4 is 20.1 Å². The van der Waals surface area contributed by atoms with Gasteiger partial charge in [-0.25, -0.2) is 14.4 Å². The molecule has 158 valence electrons. The topological polar surface area (TPSA) is 102 Å². The Labute approximate surface area is 177 Å². The maximum absolute atomic E-state index is 13.4. The average Bonchev–Trinajstić information content (AvgIpc) is 2.66. The Bertz CT molecular complexity index is 965. The van der Waals surface area contributed by atoms with Crippen LogP contribution in [0, 0.1) is 11.2 Å². The Hall–Kier alpha value is -2.94. The van der Waals surface area contributed by atoms with E-state index in [1.165, 1.54) is 24.5 Å². The molecule has 2 aromatic rings. The minimum Gasteiger partial charge on any atom is -0.484 e. The first kappa shape index (κ1) is 20.3. The van der Waals surface area contributed by atoms with Crippen LogP contribution in [0.25, 0.3) is 0 Å². The van der Waals surface area contributed by atoms with Crippen LogP contribution >= 0.6 is 11.6 Å². The van der Waals surface area contributed by atoms with Gasteiger partial charge >= 0.3 is 0 Å². The summed E-state index contributed by atoms with van der Waals surface area (Å²) in [5, 5.41) is 5.67. The first-order valence-corrected chi connectivity index (χ1v) is 9.86. The molecule has 2 amide bonds. The van der Waals surface area contributed by atoms with Crippen molar-refractivity contribution in [3.05, 3.63) is 41.4 Å². The first-order valence-electron chi connectivity index (χ1n) is 9.48. The van der Waals surface area contributed by atoms with Crippen LogP contribution in [0.15, 0.2) is 30.6 Å². The number of hydrogen-bond acceptors (Lipinski definition) is 6. The molecule has 0 unspecified atom stereocenters. The summed E-state index contributed by atoms with van der Waals surface area (Å²) in [5.74, 6) is -0.0985. The number of benzene rings is 1. The van der Waals surface area contributed by atoms with Crippen LogP contribution in [-0.4, -0.2) is 40.5 Å². The number of rotatable bonds is 8. The number of carbonyl (C=O) groups is 2. The summed E-state index contributed by atoms with van der Waals surface area (Å²) in [4.78, 5) is 32.9. The lowest BCUT2D eigenvalue weighted by Gasteiger charge is -2.69. The molecule has 0 aliphatic heterocycles. The third kappa shape index (κ3) is 3.89. The van der Waals surface area contributed by atoms with E-state index in [0.29, 0.717) is 37.6 Å². The fraction of sp³-hybridized carbons (Fsp3) is 0.400. The van der Waals surface area contributed by atoms with Crippen LogP contribution in [0.3, 0.4) is 0 Å². The average molecular weight is 435 g/mol. The Morgan fingerprint density at radius 3 is 2.60 bits per heavy atom. The third-order valence-electron chi connectivity index (χ3n) is 5.34. The number of nitrogens with one attached hydrogen (secondary N) is 2. The lowest BCUT2D eigenvalue weighted by atomic mass is 9.39. The van der Waals surface area contributed by atoms with Gasteiger partial charge in [0.25, 0.3) is 5.91 Å². The third-order valence-corrected chi connectivity index (χ3v) is 5.65. The minimum atomic E-state index is -0.612. The molecule has 10 heteroatoms. The number of amides is 2. The van der Waals surface area contributed by atoms with Crippen molar-refractivity contribution in [2.75, 3.05) is 18.5 Å². The fourth-order valence-corrected chi connectivity index (χ4v) is 4.18. The van der Waals surface area contributed by atoms with Crippen molar-refractivity contribution in [3.8, 4) is 11.6 Å². The standard InChI is InChI=1S/C20H20ClFN4O4/c1-2-29-17-7-23-15(6-24-17)25-18(28)19-9-20(10-19,11-19)26-16(27)8-30-12-3-4-13(21)14(22)5-12/h3-7H,2,8-11H2,1H3,(H,26,27)(H,23,25,28). The Morgan fingerprint density at radius 2 is 1.97 bits per heavy atom. The van der Waals surface area contributed by atoms with Gasteiger partial charge in [-0.05, 0) is 38.3 Å². The van der Waals surface area contributed by atoms with Crippen LogP contribution in [0.2, 0.25) is 5.02 Å². The minimum absolute atomic E-state index is 0.0135. The zero-order valence-electron chi connectivity index (χ0n) is 16.2. The number of ether oxygens (including phenoxy) is 2. The van der Waals surface area contributed by atoms with Crippen LogP contribution in [-0.2, 0) is 9.59 Å². The van der Waals surface area contributed by atoms with E-state index in [1.54, 1.807) is 0 Å². The highest BCUT2D eigenvalue weighted by atomic mass is 35.5. The Kier molecular flexibility index (Phi) is 5.23. The van der Waals surface area contributed by atoms with Crippen molar-refractivity contribution in [2.24, 2.45) is 5.41 Å². The Morgan fingerprint density at radius 1 is 1.20 bits per heavy atom. The number of anilines is 1. The van der Waals surface area contributed by atoms with E-state index >= 15 is 0 Å². The largest absolute Gasteiger partial charge is 0.484 e. The summed E-state index contributed by atoms with van der Waals surface area (Å²) in [5.41, 5.74) is -0.874. The number of carbonyl (C=O) groups excluding carboxylic acids is 2. The Balaban J connectivity index is 1.23. The number of hydrogen-bond donors (Lipinski definition) is 2. The highest BCUT2D eigenvalue weighted by Gasteiger charge is 2.72. The van der Waals surface area contributed by atoms with Gasteiger partial charge in [-0.2, -0.15) is 0 Å². The quantitative estimate of drug-likeness (QED) is 0.662. The van der Waals surface area contributed by atoms with Gasteiger partial charge in [0.15, 0.2) is 12.4 Å². The second-order valence-corrected chi connectivity index (χ2v) is 8.04. The molecule has 3 saturated carbocycles. The van der Waals surface area contributed by atoms with Crippen LogP contribution in [0.5, 0.6) is 11.6 Å². The molecular weight excluding hydrogens is 415 g/mol. The zero-order chi connectivity index (χ0) is 21.4. The van der Waals surface area contributed by atoms with Gasteiger partial charge < -0.3 is 20.1 Å². The van der Waals surface area contributed by atoms with Crippen molar-refractivity contribution >= 4 is 29.2 Å². The van der Waals surface area contributed by atoms with Gasteiger partial charge in [-0.1, -0.05) is 11.6 Å². The molecular formula is C20H20ClFN4O4. The first-order chi connectivity index (χ1) is 14.3. The van der Waals surface area contributed by atoms with Crippen LogP contribution in [0.4, 0.5) is 10.2 Å². The predicted molar refractivity (Wildman–Crippen MR) is 106 cm³/mol. The lowest BCUT2D eigenvalue weighted by Crippen LogP contribution is -2.78. The van der Waals surface area contributed by atoms with Crippen molar-refractivity contribution < 1.29 is 23.5 Å². The second kappa shape index (κ2) is 7.71. The van der Waals surface area contributed by atoms with Gasteiger partial charge in [0.2, 0.25) is 11.8 Å². The van der Waals surface area contributed by atoms with Gasteiger partial charge in [0.1, 0.15) is 11.6 Å². The molecule has 5 rings (SSSR count). The van der Waals surface area contributed by atoms with E-state index < -0.39 is 11.2 Å². The molecule has 3 fully saturated rings.